The van der Waals surface area contributed by atoms with Gasteiger partial charge in [0.2, 0.25) is 17.8 Å². The Hall–Kier alpha value is -7.65. The average molecular weight is 1040 g/mol. The summed E-state index contributed by atoms with van der Waals surface area (Å²) < 4.78 is 33.4. The van der Waals surface area contributed by atoms with Gasteiger partial charge in [0.05, 0.1) is 77.2 Å². The van der Waals surface area contributed by atoms with E-state index in [-0.39, 0.29) is 97.8 Å². The lowest BCUT2D eigenvalue weighted by atomic mass is 10.1. The second-order valence-electron chi connectivity index (χ2n) is 15.1. The zero-order chi connectivity index (χ0) is 51.6. The normalized spacial score (nSPS) is 10.7. The van der Waals surface area contributed by atoms with Crippen LogP contribution >= 0.6 is 15.9 Å². The van der Waals surface area contributed by atoms with Gasteiger partial charge in [0.15, 0.2) is 16.9 Å². The van der Waals surface area contributed by atoms with Crippen LogP contribution in [0.2, 0.25) is 0 Å². The molecular weight excluding hydrogens is 986 g/mol. The third kappa shape index (κ3) is 22.0. The van der Waals surface area contributed by atoms with E-state index in [1.165, 1.54) is 41.5 Å². The number of hydrogen-bond acceptors (Lipinski definition) is 24. The van der Waals surface area contributed by atoms with E-state index < -0.39 is 0 Å². The number of carbonyl (C=O) groups excluding carboxylic acids is 6. The van der Waals surface area contributed by atoms with Crippen LogP contribution in [0.5, 0.6) is 0 Å². The van der Waals surface area contributed by atoms with Gasteiger partial charge in [-0.05, 0) is 19.3 Å². The van der Waals surface area contributed by atoms with E-state index in [0.717, 1.165) is 22.8 Å². The number of alkyl halides is 1. The van der Waals surface area contributed by atoms with Crippen molar-refractivity contribution in [3.8, 4) is 0 Å². The van der Waals surface area contributed by atoms with Crippen LogP contribution in [0, 0.1) is 17.8 Å². The predicted octanol–water partition coefficient (Wildman–Crippen LogP) is 2.53. The van der Waals surface area contributed by atoms with Crippen molar-refractivity contribution in [1.82, 2.24) is 59.0 Å². The highest BCUT2D eigenvalue weighted by Gasteiger charge is 2.17. The molecule has 6 heterocycles. The molecule has 0 saturated carbocycles. The van der Waals surface area contributed by atoms with E-state index in [2.05, 4.69) is 65.8 Å². The number of imidazole rings is 3. The van der Waals surface area contributed by atoms with Crippen LogP contribution in [0.3, 0.4) is 0 Å². The maximum absolute atomic E-state index is 11.0. The summed E-state index contributed by atoms with van der Waals surface area (Å²) in [5.74, 6) is -1.64. The summed E-state index contributed by atoms with van der Waals surface area (Å²) >= 11 is 3.28. The summed E-state index contributed by atoms with van der Waals surface area (Å²) in [7, 11) is 0. The second kappa shape index (κ2) is 30.0. The summed E-state index contributed by atoms with van der Waals surface area (Å²) in [6, 6.07) is 0. The number of rotatable bonds is 20. The maximum Gasteiger partial charge on any atom is 0.302 e. The van der Waals surface area contributed by atoms with Gasteiger partial charge in [-0.2, -0.15) is 15.0 Å². The van der Waals surface area contributed by atoms with Crippen molar-refractivity contribution in [2.24, 2.45) is 17.8 Å². The van der Waals surface area contributed by atoms with Crippen LogP contribution in [0.15, 0.2) is 37.6 Å². The number of esters is 6. The quantitative estimate of drug-likeness (QED) is 0.0485. The van der Waals surface area contributed by atoms with Crippen LogP contribution in [0.25, 0.3) is 33.5 Å². The number of aromatic amines is 1. The lowest BCUT2D eigenvalue weighted by molar-refractivity contribution is -0.148. The van der Waals surface area contributed by atoms with E-state index in [4.69, 9.17) is 45.6 Å². The molecule has 6 aromatic heterocycles. The summed E-state index contributed by atoms with van der Waals surface area (Å²) in [5.41, 5.74) is 20.4. The molecule has 28 heteroatoms. The largest absolute Gasteiger partial charge is 0.465 e. The molecule has 0 aliphatic carbocycles. The molecule has 70 heavy (non-hydrogen) atoms. The second-order valence-corrected chi connectivity index (χ2v) is 15.9. The van der Waals surface area contributed by atoms with Crippen LogP contribution in [0.4, 0.5) is 17.8 Å². The number of anilines is 3. The van der Waals surface area contributed by atoms with Gasteiger partial charge in [0.1, 0.15) is 16.6 Å². The third-order valence-corrected chi connectivity index (χ3v) is 9.63. The SMILES string of the molecule is CC(=O)OCC(CCBr)COC(C)=O.CC(=O)OCC(CCn1cnc2cnc(N)nc21)COC(C)=O.CC(=O)OCC(CCn1cnc2nc(N)ncc21)COC(C)=O.Nc1ncc2[nH]cnc2n1. The number of nitrogens with zero attached hydrogens (tertiary/aromatic N) is 11. The van der Waals surface area contributed by atoms with Crippen molar-refractivity contribution >= 4 is 103 Å². The Morgan fingerprint density at radius 1 is 0.529 bits per heavy atom. The topological polar surface area (TPSA) is 378 Å². The summed E-state index contributed by atoms with van der Waals surface area (Å²) in [6.45, 7) is 10.6. The molecule has 0 aromatic carbocycles. The first-order chi connectivity index (χ1) is 33.3. The van der Waals surface area contributed by atoms with Crippen LogP contribution in [-0.2, 0) is 70.3 Å². The molecule has 0 aliphatic rings. The summed E-state index contributed by atoms with van der Waals surface area (Å²) in [6.07, 6.45) is 11.7. The van der Waals surface area contributed by atoms with Gasteiger partial charge in [-0.3, -0.25) is 28.8 Å². The fourth-order valence-electron chi connectivity index (χ4n) is 5.68. The number of fused-ring (bicyclic) bond motifs is 3. The Bertz CT molecular complexity index is 2570. The van der Waals surface area contributed by atoms with Crippen LogP contribution in [0.1, 0.15) is 60.8 Å². The minimum absolute atomic E-state index is 0.0715. The monoisotopic (exact) mass is 1040 g/mol. The molecule has 0 bridgehead atoms. The van der Waals surface area contributed by atoms with Gasteiger partial charge in [-0.25, -0.2) is 29.9 Å². The molecule has 0 unspecified atom stereocenters. The maximum atomic E-state index is 11.0. The number of aromatic nitrogens is 12. The Morgan fingerprint density at radius 3 is 1.43 bits per heavy atom. The highest BCUT2D eigenvalue weighted by Crippen LogP contribution is 2.16. The molecule has 7 N–H and O–H groups in total. The van der Waals surface area contributed by atoms with E-state index in [0.29, 0.717) is 61.6 Å². The Labute approximate surface area is 409 Å². The van der Waals surface area contributed by atoms with Crippen molar-refractivity contribution < 1.29 is 57.2 Å². The highest BCUT2D eigenvalue weighted by molar-refractivity contribution is 9.09. The smallest absolute Gasteiger partial charge is 0.302 e. The minimum Gasteiger partial charge on any atom is -0.465 e. The van der Waals surface area contributed by atoms with Gasteiger partial charge >= 0.3 is 35.8 Å². The van der Waals surface area contributed by atoms with Gasteiger partial charge in [0.25, 0.3) is 0 Å². The van der Waals surface area contributed by atoms with Crippen molar-refractivity contribution in [3.05, 3.63) is 37.6 Å². The van der Waals surface area contributed by atoms with E-state index in [1.807, 2.05) is 9.13 Å². The zero-order valence-corrected chi connectivity index (χ0v) is 41.2. The van der Waals surface area contributed by atoms with Crippen molar-refractivity contribution in [2.75, 3.05) is 62.2 Å². The van der Waals surface area contributed by atoms with Gasteiger partial charge in [-0.15, -0.1) is 0 Å². The zero-order valence-electron chi connectivity index (χ0n) is 39.6. The Balaban J connectivity index is 0.000000259. The highest BCUT2D eigenvalue weighted by atomic mass is 79.9. The van der Waals surface area contributed by atoms with Crippen LogP contribution < -0.4 is 17.2 Å². The number of aryl methyl sites for hydroxylation is 2. The molecule has 0 fully saturated rings. The number of halogens is 1. The summed E-state index contributed by atoms with van der Waals surface area (Å²) in [5, 5.41) is 0.792. The molecule has 0 aliphatic heterocycles. The fourth-order valence-corrected chi connectivity index (χ4v) is 6.32. The molecule has 0 spiro atoms. The lowest BCUT2D eigenvalue weighted by Crippen LogP contribution is -2.21. The van der Waals surface area contributed by atoms with E-state index in [9.17, 15) is 28.8 Å². The molecule has 0 amide bonds. The van der Waals surface area contributed by atoms with E-state index in [1.54, 1.807) is 37.6 Å². The first kappa shape index (κ1) is 56.7. The molecule has 0 atom stereocenters. The number of carbonyl (C=O) groups is 6. The van der Waals surface area contributed by atoms with Gasteiger partial charge < -0.3 is 59.7 Å². The molecule has 0 saturated heterocycles. The first-order valence-electron chi connectivity index (χ1n) is 21.5. The number of hydrogen-bond donors (Lipinski definition) is 4. The first-order valence-corrected chi connectivity index (χ1v) is 22.6. The molecule has 0 radical (unpaired) electrons. The van der Waals surface area contributed by atoms with Crippen molar-refractivity contribution in [2.45, 2.75) is 73.9 Å². The number of nitrogens with one attached hydrogen (secondary N) is 1. The fraction of sp³-hybridized carbons (Fsp3) is 0.500. The number of nitrogen functional groups attached to an aromatic ring is 3. The van der Waals surface area contributed by atoms with Gasteiger partial charge in [-0.1, -0.05) is 15.9 Å². The number of ether oxygens (including phenoxy) is 6. The average Bonchev–Trinajstić information content (AvgIpc) is 4.05. The molecule has 6 aromatic rings. The molecule has 380 valence electrons. The Kier molecular flexibility index (Phi) is 24.3. The molecule has 27 nitrogen and oxygen atoms in total. The predicted molar refractivity (Wildman–Crippen MR) is 253 cm³/mol. The number of nitrogens with two attached hydrogens (primary N) is 3. The standard InChI is InChI=1S/2C14H19N5O4.C9H15BrO4.C5H5N5/c1-9(20)22-6-11(7-23-10(2)21)3-4-19-8-17-13-12(19)5-16-14(15)18-13;1-9(20)22-6-11(7-23-10(2)21)3-4-19-8-17-12-5-16-14(15)18-13(12)19;1-7(11)13-5-9(3-4-10)6-14-8(2)12;6-5-7-1-3-4(10-5)9-2-8-3/h2*5,8,11H,3-4,6-7H2,1-2H3,(H2,15,16,18);9H,3-6H2,1-2H3;1-2H,(H3,6,7,8,9,10). The third-order valence-electron chi connectivity index (χ3n) is 9.18. The van der Waals surface area contributed by atoms with E-state index >= 15 is 0 Å². The number of H-pyrrole nitrogens is 1. The summed E-state index contributed by atoms with van der Waals surface area (Å²) in [4.78, 5) is 104. The van der Waals surface area contributed by atoms with Gasteiger partial charge in [0, 0.05) is 77.7 Å². The lowest BCUT2D eigenvalue weighted by Gasteiger charge is -2.16. The molecule has 6 rings (SSSR count). The van der Waals surface area contributed by atoms with Crippen molar-refractivity contribution in [3.63, 3.8) is 0 Å². The van der Waals surface area contributed by atoms with Crippen LogP contribution in [-0.4, -0.2) is 140 Å². The molecular formula is C42H58BrN15O12. The Morgan fingerprint density at radius 2 is 0.943 bits per heavy atom. The van der Waals surface area contributed by atoms with Crippen molar-refractivity contribution in [1.29, 1.82) is 0 Å². The minimum atomic E-state index is -0.369.